The number of halogens is 1. The van der Waals surface area contributed by atoms with Gasteiger partial charge in [0.15, 0.2) is 0 Å². The maximum absolute atomic E-state index is 13.1. The molecule has 5 nitrogen and oxygen atoms in total. The maximum Gasteiger partial charge on any atom is 0.276 e. The summed E-state index contributed by atoms with van der Waals surface area (Å²) in [7, 11) is -3.97. The van der Waals surface area contributed by atoms with Crippen LogP contribution >= 0.6 is 11.3 Å². The summed E-state index contributed by atoms with van der Waals surface area (Å²) in [6, 6.07) is 5.20. The third kappa shape index (κ3) is 3.91. The van der Waals surface area contributed by atoms with E-state index in [0.717, 1.165) is 31.4 Å². The molecule has 1 unspecified atom stereocenters. The first-order chi connectivity index (χ1) is 11.8. The topological polar surface area (TPSA) is 75.3 Å². The molecule has 1 aromatic carbocycles. The molecule has 0 saturated carbocycles. The van der Waals surface area contributed by atoms with Crippen LogP contribution in [0.25, 0.3) is 0 Å². The molecule has 8 heteroatoms. The van der Waals surface area contributed by atoms with E-state index < -0.39 is 21.7 Å². The van der Waals surface area contributed by atoms with E-state index in [-0.39, 0.29) is 10.5 Å². The van der Waals surface area contributed by atoms with Gasteiger partial charge in [0.25, 0.3) is 15.9 Å². The normalized spacial score (nSPS) is 17.2. The van der Waals surface area contributed by atoms with Gasteiger partial charge in [0.2, 0.25) is 0 Å². The van der Waals surface area contributed by atoms with Crippen molar-refractivity contribution in [1.29, 1.82) is 0 Å². The molecule has 3 rings (SSSR count). The van der Waals surface area contributed by atoms with E-state index in [1.807, 2.05) is 6.07 Å². The highest BCUT2D eigenvalue weighted by molar-refractivity contribution is 7.89. The second-order valence-corrected chi connectivity index (χ2v) is 9.16. The zero-order valence-corrected chi connectivity index (χ0v) is 15.6. The first-order valence-electron chi connectivity index (χ1n) is 7.96. The summed E-state index contributed by atoms with van der Waals surface area (Å²) in [6.07, 6.45) is 3.00. The van der Waals surface area contributed by atoms with Gasteiger partial charge in [-0.05, 0) is 67.5 Å². The third-order valence-electron chi connectivity index (χ3n) is 4.28. The minimum absolute atomic E-state index is 0.0755. The van der Waals surface area contributed by atoms with Gasteiger partial charge in [-0.1, -0.05) is 6.92 Å². The molecule has 0 fully saturated rings. The van der Waals surface area contributed by atoms with Gasteiger partial charge in [0, 0.05) is 4.88 Å². The highest BCUT2D eigenvalue weighted by Gasteiger charge is 2.22. The molecule has 25 heavy (non-hydrogen) atoms. The van der Waals surface area contributed by atoms with Crippen molar-refractivity contribution in [2.75, 3.05) is 0 Å². The fourth-order valence-corrected chi connectivity index (χ4v) is 5.13. The summed E-state index contributed by atoms with van der Waals surface area (Å²) in [4.78, 5) is 16.0. The van der Waals surface area contributed by atoms with Crippen molar-refractivity contribution in [2.24, 2.45) is 5.92 Å². The van der Waals surface area contributed by atoms with Crippen molar-refractivity contribution in [2.45, 2.75) is 38.0 Å². The molecule has 1 aliphatic rings. The van der Waals surface area contributed by atoms with Gasteiger partial charge < -0.3 is 0 Å². The number of benzene rings is 1. The van der Waals surface area contributed by atoms with Crippen LogP contribution in [-0.4, -0.2) is 14.3 Å². The molecule has 2 N–H and O–H groups in total. The molecule has 1 heterocycles. The quantitative estimate of drug-likeness (QED) is 0.799. The first kappa shape index (κ1) is 18.0. The van der Waals surface area contributed by atoms with Crippen LogP contribution in [0, 0.1) is 18.7 Å². The second-order valence-electron chi connectivity index (χ2n) is 6.38. The molecule has 0 aliphatic heterocycles. The number of carbonyl (C=O) groups excluding carboxylic acids is 1. The lowest BCUT2D eigenvalue weighted by Gasteiger charge is -2.16. The summed E-state index contributed by atoms with van der Waals surface area (Å²) in [5.41, 5.74) is 3.68. The van der Waals surface area contributed by atoms with Crippen molar-refractivity contribution < 1.29 is 17.6 Å². The summed E-state index contributed by atoms with van der Waals surface area (Å²) in [5, 5.41) is 0. The number of sulfonamides is 1. The maximum atomic E-state index is 13.1. The molecular formula is C17H19FN2O3S2. The number of fused-ring (bicyclic) bond motifs is 1. The summed E-state index contributed by atoms with van der Waals surface area (Å²) < 4.78 is 37.7. The number of rotatable bonds is 4. The molecule has 134 valence electrons. The number of nitrogens with one attached hydrogen (secondary N) is 2. The fourth-order valence-electron chi connectivity index (χ4n) is 2.96. The Balaban J connectivity index is 1.71. The Labute approximate surface area is 150 Å². The number of aryl methyl sites for hydroxylation is 2. The highest BCUT2D eigenvalue weighted by atomic mass is 32.2. The van der Waals surface area contributed by atoms with Crippen LogP contribution in [0.1, 0.15) is 39.0 Å². The number of amides is 1. The fraction of sp³-hybridized carbons (Fsp3) is 0.353. The van der Waals surface area contributed by atoms with Gasteiger partial charge in [-0.25, -0.2) is 12.8 Å². The zero-order chi connectivity index (χ0) is 18.2. The van der Waals surface area contributed by atoms with Crippen LogP contribution in [0.3, 0.4) is 0 Å². The Kier molecular flexibility index (Phi) is 4.95. The Morgan fingerprint density at radius 1 is 1.32 bits per heavy atom. The van der Waals surface area contributed by atoms with Crippen molar-refractivity contribution in [3.05, 3.63) is 51.0 Å². The van der Waals surface area contributed by atoms with Crippen molar-refractivity contribution in [1.82, 2.24) is 10.3 Å². The summed E-state index contributed by atoms with van der Waals surface area (Å²) in [6.45, 7) is 3.67. The lowest BCUT2D eigenvalue weighted by atomic mass is 9.90. The molecule has 1 aliphatic carbocycles. The van der Waals surface area contributed by atoms with E-state index in [2.05, 4.69) is 17.2 Å². The van der Waals surface area contributed by atoms with Gasteiger partial charge in [-0.3, -0.25) is 10.2 Å². The van der Waals surface area contributed by atoms with Crippen molar-refractivity contribution in [3.8, 4) is 0 Å². The third-order valence-corrected chi connectivity index (χ3v) is 6.92. The van der Waals surface area contributed by atoms with Gasteiger partial charge in [-0.15, -0.1) is 16.2 Å². The largest absolute Gasteiger partial charge is 0.276 e. The smallest absolute Gasteiger partial charge is 0.273 e. The van der Waals surface area contributed by atoms with Crippen LogP contribution in [-0.2, 0) is 22.9 Å². The van der Waals surface area contributed by atoms with E-state index in [4.69, 9.17) is 0 Å². The number of thiophene rings is 1. The van der Waals surface area contributed by atoms with Crippen LogP contribution in [0.15, 0.2) is 29.2 Å². The van der Waals surface area contributed by atoms with Gasteiger partial charge in [-0.2, -0.15) is 0 Å². The van der Waals surface area contributed by atoms with Gasteiger partial charge in [0.05, 0.1) is 9.77 Å². The lowest BCUT2D eigenvalue weighted by Crippen LogP contribution is -2.41. The number of carbonyl (C=O) groups is 1. The Hall–Kier alpha value is -1.77. The lowest BCUT2D eigenvalue weighted by molar-refractivity contribution is 0.0949. The average molecular weight is 382 g/mol. The predicted molar refractivity (Wildman–Crippen MR) is 94.4 cm³/mol. The average Bonchev–Trinajstić information content (AvgIpc) is 2.95. The van der Waals surface area contributed by atoms with Crippen LogP contribution < -0.4 is 10.3 Å². The molecule has 0 spiro atoms. The highest BCUT2D eigenvalue weighted by Crippen LogP contribution is 2.32. The van der Waals surface area contributed by atoms with Crippen molar-refractivity contribution >= 4 is 27.3 Å². The minimum atomic E-state index is -3.97. The standard InChI is InChI=1S/C17H19FN2O3S2/c1-10-3-5-14-12(7-10)9-15(24-14)17(21)19-20-25(22,23)16-6-4-13(18)8-11(16)2/h4,6,8-10,20H,3,5,7H2,1-2H3,(H,19,21). The molecule has 1 aromatic heterocycles. The number of hydrogen-bond donors (Lipinski definition) is 2. The molecule has 1 amide bonds. The Morgan fingerprint density at radius 2 is 2.08 bits per heavy atom. The van der Waals surface area contributed by atoms with Gasteiger partial charge in [0.1, 0.15) is 5.82 Å². The van der Waals surface area contributed by atoms with Crippen molar-refractivity contribution in [3.63, 3.8) is 0 Å². The van der Waals surface area contributed by atoms with Gasteiger partial charge >= 0.3 is 0 Å². The first-order valence-corrected chi connectivity index (χ1v) is 10.3. The van der Waals surface area contributed by atoms with E-state index in [0.29, 0.717) is 10.8 Å². The monoisotopic (exact) mass is 382 g/mol. The van der Waals surface area contributed by atoms with Crippen LogP contribution in [0.4, 0.5) is 4.39 Å². The molecular weight excluding hydrogens is 363 g/mol. The van der Waals surface area contributed by atoms with E-state index in [9.17, 15) is 17.6 Å². The summed E-state index contributed by atoms with van der Waals surface area (Å²) in [5.74, 6) is -0.410. The Bertz CT molecular complexity index is 922. The van der Waals surface area contributed by atoms with Crippen LogP contribution in [0.5, 0.6) is 0 Å². The molecule has 2 aromatic rings. The zero-order valence-electron chi connectivity index (χ0n) is 13.9. The van der Waals surface area contributed by atoms with E-state index >= 15 is 0 Å². The molecule has 0 bridgehead atoms. The molecule has 1 atom stereocenters. The molecule has 0 radical (unpaired) electrons. The van der Waals surface area contributed by atoms with E-state index in [1.165, 1.54) is 34.8 Å². The SMILES string of the molecule is Cc1cc(F)ccc1S(=O)(=O)NNC(=O)c1cc2c(s1)CCC(C)C2. The summed E-state index contributed by atoms with van der Waals surface area (Å²) >= 11 is 1.40. The Morgan fingerprint density at radius 3 is 2.80 bits per heavy atom. The van der Waals surface area contributed by atoms with Crippen LogP contribution in [0.2, 0.25) is 0 Å². The van der Waals surface area contributed by atoms with E-state index in [1.54, 1.807) is 0 Å². The minimum Gasteiger partial charge on any atom is -0.273 e. The molecule has 0 saturated heterocycles. The predicted octanol–water partition coefficient (Wildman–Crippen LogP) is 2.94. The number of hydrazine groups is 1. The number of hydrogen-bond acceptors (Lipinski definition) is 4. The second kappa shape index (κ2) is 6.86.